The lowest BCUT2D eigenvalue weighted by atomic mass is 9.92. The molecule has 5 heteroatoms. The molecule has 1 aromatic heterocycles. The van der Waals surface area contributed by atoms with E-state index in [9.17, 15) is 0 Å². The molecule has 106 valence electrons. The number of nitrogens with two attached hydrogens (primary N) is 1. The van der Waals surface area contributed by atoms with Gasteiger partial charge in [-0.05, 0) is 31.2 Å². The molecule has 0 radical (unpaired) electrons. The first-order valence-corrected chi connectivity index (χ1v) is 7.48. The summed E-state index contributed by atoms with van der Waals surface area (Å²) in [5.41, 5.74) is 10.5. The molecular formula is C15H17Cl2N3. The van der Waals surface area contributed by atoms with Crippen LogP contribution in [0.5, 0.6) is 0 Å². The van der Waals surface area contributed by atoms with Gasteiger partial charge in [-0.25, -0.2) is 0 Å². The summed E-state index contributed by atoms with van der Waals surface area (Å²) in [4.78, 5) is 7.05. The predicted octanol–water partition coefficient (Wildman–Crippen LogP) is 3.55. The molecule has 0 saturated heterocycles. The van der Waals surface area contributed by atoms with Crippen LogP contribution in [0, 0.1) is 0 Å². The fourth-order valence-electron chi connectivity index (χ4n) is 2.94. The number of likely N-dealkylation sites (N-methyl/N-ethyl adjacent to an activating group) is 1. The quantitative estimate of drug-likeness (QED) is 0.876. The van der Waals surface area contributed by atoms with Gasteiger partial charge in [0.25, 0.3) is 0 Å². The Morgan fingerprint density at radius 1 is 1.35 bits per heavy atom. The standard InChI is InChI=1S/C15H17Cl2N3/c1-8(18)13-9-3-4-11(16)14(17)15(9)19-12-5-6-20(2)7-10(12)13/h3-4,8H,5-7,18H2,1-2H3. The van der Waals surface area contributed by atoms with Crippen molar-refractivity contribution in [1.29, 1.82) is 0 Å². The van der Waals surface area contributed by atoms with E-state index in [-0.39, 0.29) is 6.04 Å². The van der Waals surface area contributed by atoms with E-state index in [0.717, 1.165) is 41.7 Å². The van der Waals surface area contributed by atoms with E-state index in [1.807, 2.05) is 19.1 Å². The lowest BCUT2D eigenvalue weighted by Gasteiger charge is -2.28. The van der Waals surface area contributed by atoms with E-state index in [4.69, 9.17) is 33.9 Å². The van der Waals surface area contributed by atoms with Crippen LogP contribution < -0.4 is 5.73 Å². The zero-order valence-electron chi connectivity index (χ0n) is 11.6. The van der Waals surface area contributed by atoms with Crippen molar-refractivity contribution in [1.82, 2.24) is 9.88 Å². The van der Waals surface area contributed by atoms with Gasteiger partial charge in [0, 0.05) is 36.6 Å². The SMILES string of the molecule is CC(N)c1c2c(nc3c(Cl)c(Cl)ccc13)CCN(C)C2. The molecule has 0 spiro atoms. The molecule has 2 heterocycles. The van der Waals surface area contributed by atoms with Crippen LogP contribution in [0.25, 0.3) is 10.9 Å². The first-order valence-electron chi connectivity index (χ1n) is 6.72. The van der Waals surface area contributed by atoms with Crippen LogP contribution in [0.1, 0.15) is 29.8 Å². The van der Waals surface area contributed by atoms with E-state index >= 15 is 0 Å². The average Bonchev–Trinajstić information content (AvgIpc) is 2.40. The minimum atomic E-state index is -0.0574. The van der Waals surface area contributed by atoms with Crippen molar-refractivity contribution in [3.8, 4) is 0 Å². The Morgan fingerprint density at radius 2 is 2.10 bits per heavy atom. The molecule has 0 amide bonds. The van der Waals surface area contributed by atoms with Gasteiger partial charge < -0.3 is 10.6 Å². The van der Waals surface area contributed by atoms with Gasteiger partial charge in [-0.15, -0.1) is 0 Å². The van der Waals surface area contributed by atoms with Gasteiger partial charge in [0.2, 0.25) is 0 Å². The molecule has 2 N–H and O–H groups in total. The van der Waals surface area contributed by atoms with E-state index in [1.165, 1.54) is 5.56 Å². The lowest BCUT2D eigenvalue weighted by molar-refractivity contribution is 0.308. The minimum Gasteiger partial charge on any atom is -0.324 e. The predicted molar refractivity (Wildman–Crippen MR) is 84.4 cm³/mol. The molecule has 0 bridgehead atoms. The van der Waals surface area contributed by atoms with Gasteiger partial charge in [-0.3, -0.25) is 4.98 Å². The second kappa shape index (κ2) is 5.15. The second-order valence-corrected chi connectivity index (χ2v) is 6.27. The number of hydrogen-bond donors (Lipinski definition) is 1. The molecule has 3 nitrogen and oxygen atoms in total. The number of hydrogen-bond acceptors (Lipinski definition) is 3. The zero-order chi connectivity index (χ0) is 14.4. The number of pyridine rings is 1. The van der Waals surface area contributed by atoms with E-state index in [0.29, 0.717) is 10.0 Å². The Kier molecular flexibility index (Phi) is 3.63. The summed E-state index contributed by atoms with van der Waals surface area (Å²) >= 11 is 12.4. The molecule has 1 atom stereocenters. The van der Waals surface area contributed by atoms with Crippen LogP contribution in [-0.2, 0) is 13.0 Å². The monoisotopic (exact) mass is 309 g/mol. The smallest absolute Gasteiger partial charge is 0.0910 e. The lowest BCUT2D eigenvalue weighted by Crippen LogP contribution is -2.29. The number of rotatable bonds is 1. The Labute approximate surface area is 128 Å². The van der Waals surface area contributed by atoms with Gasteiger partial charge in [0.05, 0.1) is 15.6 Å². The maximum atomic E-state index is 6.33. The van der Waals surface area contributed by atoms with Crippen molar-refractivity contribution in [2.24, 2.45) is 5.73 Å². The summed E-state index contributed by atoms with van der Waals surface area (Å²) in [6.07, 6.45) is 0.921. The Hall–Kier alpha value is -0.870. The number of benzene rings is 1. The van der Waals surface area contributed by atoms with E-state index in [2.05, 4.69) is 11.9 Å². The van der Waals surface area contributed by atoms with Gasteiger partial charge in [0.15, 0.2) is 0 Å². The van der Waals surface area contributed by atoms with Crippen molar-refractivity contribution >= 4 is 34.1 Å². The molecule has 1 unspecified atom stereocenters. The highest BCUT2D eigenvalue weighted by Gasteiger charge is 2.23. The van der Waals surface area contributed by atoms with Crippen LogP contribution in [0.2, 0.25) is 10.0 Å². The van der Waals surface area contributed by atoms with Gasteiger partial charge in [-0.1, -0.05) is 29.3 Å². The van der Waals surface area contributed by atoms with Crippen molar-refractivity contribution < 1.29 is 0 Å². The van der Waals surface area contributed by atoms with E-state index in [1.54, 1.807) is 0 Å². The third-order valence-electron chi connectivity index (χ3n) is 3.89. The topological polar surface area (TPSA) is 42.1 Å². The van der Waals surface area contributed by atoms with Crippen LogP contribution in [-0.4, -0.2) is 23.5 Å². The second-order valence-electron chi connectivity index (χ2n) is 5.48. The molecule has 1 aromatic carbocycles. The summed E-state index contributed by atoms with van der Waals surface area (Å²) < 4.78 is 0. The molecule has 1 aliphatic rings. The zero-order valence-corrected chi connectivity index (χ0v) is 13.1. The maximum Gasteiger partial charge on any atom is 0.0910 e. The molecule has 0 fully saturated rings. The van der Waals surface area contributed by atoms with Crippen LogP contribution in [0.3, 0.4) is 0 Å². The first-order chi connectivity index (χ1) is 9.49. The molecule has 2 aromatic rings. The van der Waals surface area contributed by atoms with Crippen molar-refractivity contribution in [3.05, 3.63) is 39.0 Å². The minimum absolute atomic E-state index is 0.0574. The summed E-state index contributed by atoms with van der Waals surface area (Å²) in [6, 6.07) is 3.74. The van der Waals surface area contributed by atoms with Crippen LogP contribution in [0.4, 0.5) is 0 Å². The number of fused-ring (bicyclic) bond motifs is 2. The third-order valence-corrected chi connectivity index (χ3v) is 4.69. The Balaban J connectivity index is 2.38. The molecule has 0 saturated carbocycles. The van der Waals surface area contributed by atoms with Gasteiger partial charge >= 0.3 is 0 Å². The van der Waals surface area contributed by atoms with Crippen LogP contribution in [0.15, 0.2) is 12.1 Å². The highest BCUT2D eigenvalue weighted by molar-refractivity contribution is 6.45. The highest BCUT2D eigenvalue weighted by atomic mass is 35.5. The summed E-state index contributed by atoms with van der Waals surface area (Å²) in [7, 11) is 2.12. The Morgan fingerprint density at radius 3 is 2.80 bits per heavy atom. The Bertz CT molecular complexity index is 683. The number of nitrogens with zero attached hydrogens (tertiary/aromatic N) is 2. The summed E-state index contributed by atoms with van der Waals surface area (Å²) in [5.74, 6) is 0. The fourth-order valence-corrected chi connectivity index (χ4v) is 3.30. The number of halogens is 2. The summed E-state index contributed by atoms with van der Waals surface area (Å²) in [5, 5.41) is 2.08. The average molecular weight is 310 g/mol. The highest BCUT2D eigenvalue weighted by Crippen LogP contribution is 2.36. The van der Waals surface area contributed by atoms with Crippen LogP contribution >= 0.6 is 23.2 Å². The largest absolute Gasteiger partial charge is 0.324 e. The number of aromatic nitrogens is 1. The van der Waals surface area contributed by atoms with Crippen molar-refractivity contribution in [3.63, 3.8) is 0 Å². The molecule has 3 rings (SSSR count). The van der Waals surface area contributed by atoms with Crippen molar-refractivity contribution in [2.45, 2.75) is 25.9 Å². The van der Waals surface area contributed by atoms with Gasteiger partial charge in [-0.2, -0.15) is 0 Å². The summed E-state index contributed by atoms with van der Waals surface area (Å²) in [6.45, 7) is 3.89. The molecule has 20 heavy (non-hydrogen) atoms. The maximum absolute atomic E-state index is 6.33. The van der Waals surface area contributed by atoms with Crippen molar-refractivity contribution in [2.75, 3.05) is 13.6 Å². The molecule has 0 aliphatic carbocycles. The van der Waals surface area contributed by atoms with E-state index < -0.39 is 0 Å². The molecular weight excluding hydrogens is 293 g/mol. The molecule has 1 aliphatic heterocycles. The normalized spacial score (nSPS) is 17.2. The first kappa shape index (κ1) is 14.1. The fraction of sp³-hybridized carbons (Fsp3) is 0.400. The van der Waals surface area contributed by atoms with Gasteiger partial charge in [0.1, 0.15) is 0 Å². The third kappa shape index (κ3) is 2.19.